The Morgan fingerprint density at radius 1 is 1.23 bits per heavy atom. The van der Waals surface area contributed by atoms with Crippen LogP contribution in [0.4, 0.5) is 5.13 Å². The van der Waals surface area contributed by atoms with Crippen molar-refractivity contribution < 1.29 is 14.3 Å². The van der Waals surface area contributed by atoms with Crippen LogP contribution in [0.1, 0.15) is 12.8 Å². The number of amides is 1. The summed E-state index contributed by atoms with van der Waals surface area (Å²) in [7, 11) is 0. The molecule has 118 valence electrons. The average Bonchev–Trinajstić information content (AvgIpc) is 2.92. The number of nitrogens with zero attached hydrogens (tertiary/aromatic N) is 1. The number of benzene rings is 1. The normalized spacial score (nSPS) is 10.9. The van der Waals surface area contributed by atoms with E-state index >= 15 is 0 Å². The highest BCUT2D eigenvalue weighted by molar-refractivity contribution is 7.22. The number of nitrogens with one attached hydrogen (secondary N) is 1. The van der Waals surface area contributed by atoms with E-state index in [1.807, 2.05) is 24.3 Å². The van der Waals surface area contributed by atoms with Crippen LogP contribution in [-0.4, -0.2) is 34.7 Å². The SMILES string of the molecule is O=C(CCC(=O)OC(CCl)CCl)Nc1nc2ccccc2s1. The summed E-state index contributed by atoms with van der Waals surface area (Å²) in [6.45, 7) is 0. The van der Waals surface area contributed by atoms with Gasteiger partial charge in [0.15, 0.2) is 5.13 Å². The molecule has 1 N–H and O–H groups in total. The molecule has 1 heterocycles. The number of aromatic nitrogens is 1. The number of halogens is 2. The molecule has 22 heavy (non-hydrogen) atoms. The molecule has 0 radical (unpaired) electrons. The molecule has 0 spiro atoms. The van der Waals surface area contributed by atoms with E-state index in [0.29, 0.717) is 5.13 Å². The van der Waals surface area contributed by atoms with Crippen LogP contribution in [-0.2, 0) is 14.3 Å². The number of fused-ring (bicyclic) bond motifs is 1. The monoisotopic (exact) mass is 360 g/mol. The zero-order valence-corrected chi connectivity index (χ0v) is 13.9. The van der Waals surface area contributed by atoms with Crippen LogP contribution in [0, 0.1) is 0 Å². The van der Waals surface area contributed by atoms with Gasteiger partial charge in [-0.3, -0.25) is 9.59 Å². The maximum atomic E-state index is 11.8. The fourth-order valence-electron chi connectivity index (χ4n) is 1.67. The Morgan fingerprint density at radius 3 is 2.64 bits per heavy atom. The zero-order chi connectivity index (χ0) is 15.9. The minimum atomic E-state index is -0.525. The summed E-state index contributed by atoms with van der Waals surface area (Å²) in [5.41, 5.74) is 0.828. The van der Waals surface area contributed by atoms with Crippen LogP contribution >= 0.6 is 34.5 Å². The number of hydrogen-bond donors (Lipinski definition) is 1. The lowest BCUT2D eigenvalue weighted by Gasteiger charge is -2.11. The van der Waals surface area contributed by atoms with Crippen LogP contribution in [0.2, 0.25) is 0 Å². The maximum absolute atomic E-state index is 11.8. The van der Waals surface area contributed by atoms with Gasteiger partial charge in [0.1, 0.15) is 6.10 Å². The van der Waals surface area contributed by atoms with Crippen LogP contribution in [0.5, 0.6) is 0 Å². The Morgan fingerprint density at radius 2 is 1.95 bits per heavy atom. The second-order valence-electron chi connectivity index (χ2n) is 4.46. The van der Waals surface area contributed by atoms with Crippen LogP contribution < -0.4 is 5.32 Å². The molecule has 0 unspecified atom stereocenters. The number of ether oxygens (including phenoxy) is 1. The molecule has 0 aliphatic rings. The Bertz CT molecular complexity index is 625. The van der Waals surface area contributed by atoms with Crippen molar-refractivity contribution in [1.29, 1.82) is 0 Å². The molecule has 0 aliphatic heterocycles. The first kappa shape index (κ1) is 17.0. The van der Waals surface area contributed by atoms with E-state index in [1.165, 1.54) is 11.3 Å². The zero-order valence-electron chi connectivity index (χ0n) is 11.6. The summed E-state index contributed by atoms with van der Waals surface area (Å²) in [6, 6.07) is 7.59. The summed E-state index contributed by atoms with van der Waals surface area (Å²) < 4.78 is 5.99. The minimum absolute atomic E-state index is 0.0199. The topological polar surface area (TPSA) is 68.3 Å². The van der Waals surface area contributed by atoms with Gasteiger partial charge >= 0.3 is 5.97 Å². The molecule has 1 aromatic heterocycles. The van der Waals surface area contributed by atoms with E-state index in [0.717, 1.165) is 10.2 Å². The largest absolute Gasteiger partial charge is 0.460 e. The maximum Gasteiger partial charge on any atom is 0.306 e. The third kappa shape index (κ3) is 4.83. The summed E-state index contributed by atoms with van der Waals surface area (Å²) in [4.78, 5) is 27.6. The van der Waals surface area contributed by atoms with Crippen molar-refractivity contribution in [2.45, 2.75) is 18.9 Å². The fraction of sp³-hybridized carbons (Fsp3) is 0.357. The first-order valence-electron chi connectivity index (χ1n) is 6.59. The standard InChI is InChI=1S/C14H14Cl2N2O3S/c15-7-9(8-16)21-13(20)6-5-12(19)18-14-17-10-3-1-2-4-11(10)22-14/h1-4,9H,5-8H2,(H,17,18,19). The van der Waals surface area contributed by atoms with Crippen LogP contribution in [0.3, 0.4) is 0 Å². The number of alkyl halides is 2. The number of hydrogen-bond acceptors (Lipinski definition) is 5. The summed E-state index contributed by atoms with van der Waals surface area (Å²) in [5.74, 6) is -0.518. The van der Waals surface area contributed by atoms with E-state index in [-0.39, 0.29) is 30.5 Å². The Balaban J connectivity index is 1.81. The van der Waals surface area contributed by atoms with E-state index in [2.05, 4.69) is 10.3 Å². The van der Waals surface area contributed by atoms with Gasteiger partial charge in [-0.15, -0.1) is 23.2 Å². The Hall–Kier alpha value is -1.37. The summed E-state index contributed by atoms with van der Waals surface area (Å²) in [6.07, 6.45) is -0.532. The fourth-order valence-corrected chi connectivity index (χ4v) is 3.01. The van der Waals surface area contributed by atoms with Crippen molar-refractivity contribution in [3.8, 4) is 0 Å². The lowest BCUT2D eigenvalue weighted by Crippen LogP contribution is -2.22. The van der Waals surface area contributed by atoms with Gasteiger partial charge in [-0.1, -0.05) is 23.5 Å². The predicted octanol–water partition coefficient (Wildman–Crippen LogP) is 3.40. The van der Waals surface area contributed by atoms with Gasteiger partial charge in [-0.2, -0.15) is 0 Å². The molecule has 1 amide bonds. The predicted molar refractivity (Wildman–Crippen MR) is 88.8 cm³/mol. The van der Waals surface area contributed by atoms with Gasteiger partial charge in [0, 0.05) is 6.42 Å². The van der Waals surface area contributed by atoms with E-state index in [4.69, 9.17) is 27.9 Å². The van der Waals surface area contributed by atoms with Crippen molar-refractivity contribution >= 4 is 61.8 Å². The van der Waals surface area contributed by atoms with E-state index in [1.54, 1.807) is 0 Å². The molecule has 1 aromatic carbocycles. The molecule has 8 heteroatoms. The second kappa shape index (κ2) is 8.31. The van der Waals surface area contributed by atoms with Gasteiger partial charge in [-0.05, 0) is 12.1 Å². The molecule has 5 nitrogen and oxygen atoms in total. The Labute approximate surface area is 141 Å². The molecule has 0 aliphatic carbocycles. The van der Waals surface area contributed by atoms with Gasteiger partial charge < -0.3 is 10.1 Å². The van der Waals surface area contributed by atoms with Crippen molar-refractivity contribution in [2.24, 2.45) is 0 Å². The highest BCUT2D eigenvalue weighted by Gasteiger charge is 2.14. The highest BCUT2D eigenvalue weighted by atomic mass is 35.5. The third-order valence-corrected chi connectivity index (χ3v) is 4.38. The average molecular weight is 361 g/mol. The number of carbonyl (C=O) groups is 2. The number of para-hydroxylation sites is 1. The van der Waals surface area contributed by atoms with Crippen LogP contribution in [0.15, 0.2) is 24.3 Å². The van der Waals surface area contributed by atoms with Gasteiger partial charge in [-0.25, -0.2) is 4.98 Å². The lowest BCUT2D eigenvalue weighted by atomic mass is 10.3. The molecular formula is C14H14Cl2N2O3S. The van der Waals surface area contributed by atoms with E-state index < -0.39 is 12.1 Å². The van der Waals surface area contributed by atoms with Crippen molar-refractivity contribution in [2.75, 3.05) is 17.1 Å². The van der Waals surface area contributed by atoms with Crippen LogP contribution in [0.25, 0.3) is 10.2 Å². The molecule has 0 saturated heterocycles. The minimum Gasteiger partial charge on any atom is -0.460 e. The number of carbonyl (C=O) groups excluding carboxylic acids is 2. The first-order chi connectivity index (χ1) is 10.6. The van der Waals surface area contributed by atoms with Gasteiger partial charge in [0.25, 0.3) is 0 Å². The highest BCUT2D eigenvalue weighted by Crippen LogP contribution is 2.25. The molecule has 0 fully saturated rings. The second-order valence-corrected chi connectivity index (χ2v) is 6.10. The molecular weight excluding hydrogens is 347 g/mol. The van der Waals surface area contributed by atoms with Gasteiger partial charge in [0.2, 0.25) is 5.91 Å². The van der Waals surface area contributed by atoms with Gasteiger partial charge in [0.05, 0.1) is 28.4 Å². The molecule has 0 saturated carbocycles. The van der Waals surface area contributed by atoms with Crippen molar-refractivity contribution in [3.05, 3.63) is 24.3 Å². The smallest absolute Gasteiger partial charge is 0.306 e. The Kier molecular flexibility index (Phi) is 6.42. The van der Waals surface area contributed by atoms with Crippen molar-refractivity contribution in [1.82, 2.24) is 4.98 Å². The third-order valence-electron chi connectivity index (χ3n) is 2.74. The lowest BCUT2D eigenvalue weighted by molar-refractivity contribution is -0.148. The molecule has 2 rings (SSSR count). The first-order valence-corrected chi connectivity index (χ1v) is 8.47. The number of rotatable bonds is 7. The van der Waals surface area contributed by atoms with Crippen molar-refractivity contribution in [3.63, 3.8) is 0 Å². The summed E-state index contributed by atoms with van der Waals surface area (Å²) >= 11 is 12.5. The van der Waals surface area contributed by atoms with E-state index in [9.17, 15) is 9.59 Å². The molecule has 0 atom stereocenters. The summed E-state index contributed by atoms with van der Waals surface area (Å²) in [5, 5.41) is 3.19. The quantitative estimate of drug-likeness (QED) is 0.606. The number of thiazole rings is 1. The molecule has 0 bridgehead atoms. The number of esters is 1. The molecule has 2 aromatic rings. The number of anilines is 1.